The van der Waals surface area contributed by atoms with Crippen LogP contribution >= 0.6 is 0 Å². The Morgan fingerprint density at radius 3 is 2.67 bits per heavy atom. The molecule has 0 spiro atoms. The number of nitrogens with zero attached hydrogens (tertiary/aromatic N) is 2. The summed E-state index contributed by atoms with van der Waals surface area (Å²) in [5.41, 5.74) is 5.57. The van der Waals surface area contributed by atoms with Crippen molar-refractivity contribution in [2.75, 3.05) is 0 Å². The van der Waals surface area contributed by atoms with Crippen molar-refractivity contribution in [3.63, 3.8) is 0 Å². The Balaban J connectivity index is 2.75. The second-order valence-corrected chi connectivity index (χ2v) is 2.33. The Morgan fingerprint density at radius 1 is 1.50 bits per heavy atom. The molecule has 0 aliphatic heterocycles. The van der Waals surface area contributed by atoms with Crippen molar-refractivity contribution in [3.8, 4) is 0 Å². The first-order valence-electron chi connectivity index (χ1n) is 3.29. The van der Waals surface area contributed by atoms with Gasteiger partial charge in [-0.2, -0.15) is 13.2 Å². The van der Waals surface area contributed by atoms with Crippen molar-refractivity contribution in [2.45, 2.75) is 19.3 Å². The minimum absolute atomic E-state index is 0.0656. The van der Waals surface area contributed by atoms with Crippen LogP contribution in [0.15, 0.2) is 12.5 Å². The fourth-order valence-electron chi connectivity index (χ4n) is 0.854. The van der Waals surface area contributed by atoms with Crippen molar-refractivity contribution in [3.05, 3.63) is 18.2 Å². The van der Waals surface area contributed by atoms with Gasteiger partial charge in [-0.3, -0.25) is 0 Å². The molecule has 0 saturated heterocycles. The van der Waals surface area contributed by atoms with Gasteiger partial charge < -0.3 is 10.3 Å². The third kappa shape index (κ3) is 2.23. The van der Waals surface area contributed by atoms with Crippen molar-refractivity contribution in [1.29, 1.82) is 0 Å². The van der Waals surface area contributed by atoms with E-state index in [4.69, 9.17) is 5.73 Å². The average Bonchev–Trinajstić information content (AvgIpc) is 2.31. The lowest BCUT2D eigenvalue weighted by atomic mass is 10.4. The number of imidazole rings is 1. The first-order valence-corrected chi connectivity index (χ1v) is 3.29. The number of nitrogens with two attached hydrogens (primary N) is 1. The van der Waals surface area contributed by atoms with E-state index in [1.165, 1.54) is 6.20 Å². The molecular formula is C6H8F3N3. The summed E-state index contributed by atoms with van der Waals surface area (Å²) >= 11 is 0. The molecule has 68 valence electrons. The summed E-state index contributed by atoms with van der Waals surface area (Å²) in [5, 5.41) is 0. The molecule has 0 bridgehead atoms. The van der Waals surface area contributed by atoms with Gasteiger partial charge in [0.2, 0.25) is 0 Å². The molecule has 6 heteroatoms. The number of alkyl halides is 3. The van der Waals surface area contributed by atoms with Crippen LogP contribution in [-0.4, -0.2) is 15.7 Å². The van der Waals surface area contributed by atoms with E-state index < -0.39 is 12.7 Å². The highest BCUT2D eigenvalue weighted by Crippen LogP contribution is 2.18. The van der Waals surface area contributed by atoms with Crippen LogP contribution in [0.1, 0.15) is 5.69 Å². The molecule has 0 aliphatic carbocycles. The number of hydrogen-bond acceptors (Lipinski definition) is 2. The molecule has 0 saturated carbocycles. The summed E-state index contributed by atoms with van der Waals surface area (Å²) in [6.07, 6.45) is -1.77. The summed E-state index contributed by atoms with van der Waals surface area (Å²) in [4.78, 5) is 3.56. The highest BCUT2D eigenvalue weighted by Gasteiger charge is 2.28. The number of hydrogen-bond donors (Lipinski definition) is 1. The molecule has 1 aromatic heterocycles. The monoisotopic (exact) mass is 179 g/mol. The van der Waals surface area contributed by atoms with E-state index in [-0.39, 0.29) is 6.54 Å². The van der Waals surface area contributed by atoms with E-state index in [1.54, 1.807) is 0 Å². The van der Waals surface area contributed by atoms with Gasteiger partial charge in [0.25, 0.3) is 0 Å². The van der Waals surface area contributed by atoms with Crippen molar-refractivity contribution >= 4 is 0 Å². The maximum Gasteiger partial charge on any atom is 0.406 e. The predicted molar refractivity (Wildman–Crippen MR) is 36.2 cm³/mol. The fourth-order valence-corrected chi connectivity index (χ4v) is 0.854. The molecule has 0 unspecified atom stereocenters. The molecule has 1 heterocycles. The van der Waals surface area contributed by atoms with E-state index in [2.05, 4.69) is 4.98 Å². The van der Waals surface area contributed by atoms with Gasteiger partial charge in [-0.25, -0.2) is 4.98 Å². The minimum atomic E-state index is -4.22. The largest absolute Gasteiger partial charge is 0.406 e. The molecule has 2 N–H and O–H groups in total. The number of aromatic nitrogens is 2. The standard InChI is InChI=1S/C6H8F3N3/c7-6(8,9)3-12-4-11-2-5(12)1-10/h2,4H,1,3,10H2. The zero-order valence-electron chi connectivity index (χ0n) is 6.17. The summed E-state index contributed by atoms with van der Waals surface area (Å²) in [5.74, 6) is 0. The number of rotatable bonds is 2. The van der Waals surface area contributed by atoms with Crippen LogP contribution in [-0.2, 0) is 13.1 Å². The molecule has 0 radical (unpaired) electrons. The molecule has 0 aromatic carbocycles. The zero-order valence-corrected chi connectivity index (χ0v) is 6.17. The molecule has 0 atom stereocenters. The van der Waals surface area contributed by atoms with Gasteiger partial charge in [0.1, 0.15) is 6.54 Å². The van der Waals surface area contributed by atoms with E-state index in [0.29, 0.717) is 5.69 Å². The molecule has 1 rings (SSSR count). The summed E-state index contributed by atoms with van der Waals surface area (Å²) in [6, 6.07) is 0. The maximum absolute atomic E-state index is 11.8. The van der Waals surface area contributed by atoms with Gasteiger partial charge in [-0.1, -0.05) is 0 Å². The fraction of sp³-hybridized carbons (Fsp3) is 0.500. The van der Waals surface area contributed by atoms with Gasteiger partial charge in [0.05, 0.1) is 12.0 Å². The van der Waals surface area contributed by atoms with Gasteiger partial charge >= 0.3 is 6.18 Å². The summed E-state index contributed by atoms with van der Waals surface area (Å²) < 4.78 is 36.5. The van der Waals surface area contributed by atoms with Gasteiger partial charge in [-0.15, -0.1) is 0 Å². The van der Waals surface area contributed by atoms with E-state index >= 15 is 0 Å². The van der Waals surface area contributed by atoms with Gasteiger partial charge in [-0.05, 0) is 0 Å². The molecule has 0 amide bonds. The lowest BCUT2D eigenvalue weighted by molar-refractivity contribution is -0.141. The van der Waals surface area contributed by atoms with Crippen LogP contribution in [0.3, 0.4) is 0 Å². The molecule has 0 fully saturated rings. The van der Waals surface area contributed by atoms with Crippen molar-refractivity contribution < 1.29 is 13.2 Å². The summed E-state index contributed by atoms with van der Waals surface area (Å²) in [6.45, 7) is -0.963. The van der Waals surface area contributed by atoms with Gasteiger partial charge in [0.15, 0.2) is 0 Å². The predicted octanol–water partition coefficient (Wildman–Crippen LogP) is 0.904. The quantitative estimate of drug-likeness (QED) is 0.733. The summed E-state index contributed by atoms with van der Waals surface area (Å²) in [7, 11) is 0. The Labute approximate surface area is 67.0 Å². The highest BCUT2D eigenvalue weighted by atomic mass is 19.4. The highest BCUT2D eigenvalue weighted by molar-refractivity contribution is 4.97. The topological polar surface area (TPSA) is 43.8 Å². The molecular weight excluding hydrogens is 171 g/mol. The van der Waals surface area contributed by atoms with Crippen LogP contribution < -0.4 is 5.73 Å². The second kappa shape index (κ2) is 3.14. The van der Waals surface area contributed by atoms with E-state index in [0.717, 1.165) is 10.9 Å². The Kier molecular flexibility index (Phi) is 2.37. The molecule has 3 nitrogen and oxygen atoms in total. The van der Waals surface area contributed by atoms with Crippen LogP contribution in [0.2, 0.25) is 0 Å². The molecule has 1 aromatic rings. The third-order valence-electron chi connectivity index (χ3n) is 1.36. The van der Waals surface area contributed by atoms with E-state index in [9.17, 15) is 13.2 Å². The van der Waals surface area contributed by atoms with Crippen LogP contribution in [0.25, 0.3) is 0 Å². The number of halogens is 3. The first-order chi connectivity index (χ1) is 5.53. The van der Waals surface area contributed by atoms with Crippen LogP contribution in [0.4, 0.5) is 13.2 Å². The lowest BCUT2D eigenvalue weighted by Crippen LogP contribution is -2.19. The first kappa shape index (κ1) is 9.05. The van der Waals surface area contributed by atoms with Crippen LogP contribution in [0.5, 0.6) is 0 Å². The second-order valence-electron chi connectivity index (χ2n) is 2.33. The Bertz CT molecular complexity index is 253. The van der Waals surface area contributed by atoms with Gasteiger partial charge in [0, 0.05) is 12.7 Å². The minimum Gasteiger partial charge on any atom is -0.325 e. The smallest absolute Gasteiger partial charge is 0.325 e. The lowest BCUT2D eigenvalue weighted by Gasteiger charge is -2.09. The SMILES string of the molecule is NCc1cncn1CC(F)(F)F. The van der Waals surface area contributed by atoms with Crippen LogP contribution in [0, 0.1) is 0 Å². The Morgan fingerprint density at radius 2 is 2.17 bits per heavy atom. The maximum atomic E-state index is 11.8. The third-order valence-corrected chi connectivity index (χ3v) is 1.36. The Hall–Kier alpha value is -1.04. The average molecular weight is 179 g/mol. The molecule has 0 aliphatic rings. The van der Waals surface area contributed by atoms with E-state index in [1.807, 2.05) is 0 Å². The zero-order chi connectivity index (χ0) is 9.19. The normalized spacial score (nSPS) is 12.0. The molecule has 12 heavy (non-hydrogen) atoms. The van der Waals surface area contributed by atoms with Crippen molar-refractivity contribution in [2.24, 2.45) is 5.73 Å². The van der Waals surface area contributed by atoms with Crippen molar-refractivity contribution in [1.82, 2.24) is 9.55 Å².